The van der Waals surface area contributed by atoms with Gasteiger partial charge in [-0.1, -0.05) is 39.2 Å². The van der Waals surface area contributed by atoms with E-state index in [2.05, 4.69) is 35.9 Å². The van der Waals surface area contributed by atoms with Crippen molar-refractivity contribution < 1.29 is 0 Å². The normalized spacial score (nSPS) is 10.4. The first kappa shape index (κ1) is 11.8. The summed E-state index contributed by atoms with van der Waals surface area (Å²) in [7, 11) is 0. The molecular weight excluding hydrogens is 306 g/mol. The van der Waals surface area contributed by atoms with Crippen molar-refractivity contribution in [3.8, 4) is 11.4 Å². The summed E-state index contributed by atoms with van der Waals surface area (Å²) >= 11 is 3.40. The Morgan fingerprint density at radius 2 is 1.95 bits per heavy atom. The molecule has 0 aliphatic heterocycles. The number of halogens is 1. The fraction of sp³-hybridized carbons (Fsp3) is 0. The van der Waals surface area contributed by atoms with Gasteiger partial charge in [0, 0.05) is 20.6 Å². The average Bonchev–Trinajstić information content (AvgIpc) is 2.83. The number of hydrogen-bond acceptors (Lipinski definition) is 2. The van der Waals surface area contributed by atoms with Gasteiger partial charge in [-0.15, -0.1) is 0 Å². The van der Waals surface area contributed by atoms with Crippen molar-refractivity contribution in [1.82, 2.24) is 9.97 Å². The minimum absolute atomic E-state index is 0.570. The Kier molecular flexibility index (Phi) is 2.95. The first-order chi connectivity index (χ1) is 9.26. The molecule has 6 heteroatoms. The highest BCUT2D eigenvalue weighted by atomic mass is 79.9. The third kappa shape index (κ3) is 2.31. The van der Waals surface area contributed by atoms with E-state index in [1.807, 2.05) is 30.3 Å². The lowest BCUT2D eigenvalue weighted by atomic mass is 10.2. The Bertz CT molecular complexity index is 784. The van der Waals surface area contributed by atoms with Gasteiger partial charge in [-0.3, -0.25) is 0 Å². The zero-order valence-electron chi connectivity index (χ0n) is 9.71. The Hall–Kier alpha value is -2.30. The second-order valence-electron chi connectivity index (χ2n) is 3.98. The van der Waals surface area contributed by atoms with Crippen LogP contribution >= 0.6 is 15.9 Å². The van der Waals surface area contributed by atoms with E-state index in [-0.39, 0.29) is 0 Å². The molecule has 2 aromatic carbocycles. The van der Waals surface area contributed by atoms with Gasteiger partial charge in [0.15, 0.2) is 0 Å². The minimum atomic E-state index is 0.570. The predicted octanol–water partition coefficient (Wildman–Crippen LogP) is 4.93. The van der Waals surface area contributed by atoms with Crippen molar-refractivity contribution in [2.75, 3.05) is 0 Å². The topological polar surface area (TPSA) is 77.4 Å². The second-order valence-corrected chi connectivity index (χ2v) is 4.90. The summed E-state index contributed by atoms with van der Waals surface area (Å²) < 4.78 is 1.03. The number of imidazole rings is 1. The van der Waals surface area contributed by atoms with E-state index in [0.29, 0.717) is 5.69 Å². The molecule has 92 valence electrons. The van der Waals surface area contributed by atoms with Crippen molar-refractivity contribution in [3.05, 3.63) is 57.4 Å². The van der Waals surface area contributed by atoms with Crippen LogP contribution in [0.4, 0.5) is 5.69 Å². The monoisotopic (exact) mass is 313 g/mol. The zero-order valence-corrected chi connectivity index (χ0v) is 11.3. The first-order valence-corrected chi connectivity index (χ1v) is 6.36. The second kappa shape index (κ2) is 4.76. The van der Waals surface area contributed by atoms with Crippen molar-refractivity contribution >= 4 is 32.7 Å². The molecule has 1 heterocycles. The van der Waals surface area contributed by atoms with Gasteiger partial charge in [0.2, 0.25) is 0 Å². The molecule has 0 bridgehead atoms. The maximum absolute atomic E-state index is 8.43. The minimum Gasteiger partial charge on any atom is -0.338 e. The Labute approximate surface area is 117 Å². The molecular formula is C13H8BrN5. The Balaban J connectivity index is 2.10. The molecule has 0 aliphatic carbocycles. The molecule has 0 unspecified atom stereocenters. The summed E-state index contributed by atoms with van der Waals surface area (Å²) in [5.74, 6) is 0.792. The average molecular weight is 314 g/mol. The molecule has 0 atom stereocenters. The van der Waals surface area contributed by atoms with E-state index in [0.717, 1.165) is 26.9 Å². The molecule has 0 amide bonds. The number of hydrogen-bond donors (Lipinski definition) is 1. The van der Waals surface area contributed by atoms with Crippen molar-refractivity contribution in [1.29, 1.82) is 0 Å². The van der Waals surface area contributed by atoms with Crippen molar-refractivity contribution in [2.45, 2.75) is 0 Å². The number of aromatic nitrogens is 2. The highest BCUT2D eigenvalue weighted by Crippen LogP contribution is 2.25. The highest BCUT2D eigenvalue weighted by Gasteiger charge is 2.05. The zero-order chi connectivity index (χ0) is 13.2. The van der Waals surface area contributed by atoms with Gasteiger partial charge in [0.25, 0.3) is 0 Å². The third-order valence-electron chi connectivity index (χ3n) is 2.74. The van der Waals surface area contributed by atoms with Gasteiger partial charge in [0.1, 0.15) is 5.82 Å². The summed E-state index contributed by atoms with van der Waals surface area (Å²) in [5.41, 5.74) is 11.7. The Morgan fingerprint density at radius 3 is 2.68 bits per heavy atom. The molecule has 0 aliphatic rings. The quantitative estimate of drug-likeness (QED) is 0.406. The van der Waals surface area contributed by atoms with Crippen LogP contribution in [0.1, 0.15) is 0 Å². The number of nitrogens with zero attached hydrogens (tertiary/aromatic N) is 4. The van der Waals surface area contributed by atoms with Gasteiger partial charge in [0.05, 0.1) is 11.0 Å². The van der Waals surface area contributed by atoms with E-state index in [1.165, 1.54) is 0 Å². The van der Waals surface area contributed by atoms with E-state index in [1.54, 1.807) is 12.1 Å². The van der Waals surface area contributed by atoms with E-state index in [4.69, 9.17) is 5.53 Å². The molecule has 1 N–H and O–H groups in total. The number of fused-ring (bicyclic) bond motifs is 1. The lowest BCUT2D eigenvalue weighted by molar-refractivity contribution is 1.33. The third-order valence-corrected chi connectivity index (χ3v) is 3.27. The maximum atomic E-state index is 8.43. The smallest absolute Gasteiger partial charge is 0.138 e. The van der Waals surface area contributed by atoms with E-state index < -0.39 is 0 Å². The fourth-order valence-electron chi connectivity index (χ4n) is 1.86. The summed E-state index contributed by atoms with van der Waals surface area (Å²) in [6.07, 6.45) is 0. The van der Waals surface area contributed by atoms with Crippen LogP contribution in [0, 0.1) is 0 Å². The summed E-state index contributed by atoms with van der Waals surface area (Å²) in [6, 6.07) is 13.3. The van der Waals surface area contributed by atoms with Crippen LogP contribution in [-0.2, 0) is 0 Å². The lowest BCUT2D eigenvalue weighted by Crippen LogP contribution is -1.78. The van der Waals surface area contributed by atoms with Crippen molar-refractivity contribution in [3.63, 3.8) is 0 Å². The molecule has 3 rings (SSSR count). The van der Waals surface area contributed by atoms with Gasteiger partial charge >= 0.3 is 0 Å². The lowest BCUT2D eigenvalue weighted by Gasteiger charge is -1.95. The van der Waals surface area contributed by atoms with Crippen LogP contribution in [-0.4, -0.2) is 9.97 Å². The van der Waals surface area contributed by atoms with Crippen LogP contribution < -0.4 is 0 Å². The number of H-pyrrole nitrogens is 1. The summed E-state index contributed by atoms with van der Waals surface area (Å²) in [5, 5.41) is 3.58. The number of rotatable bonds is 2. The van der Waals surface area contributed by atoms with Crippen LogP contribution in [0.2, 0.25) is 0 Å². The summed E-state index contributed by atoms with van der Waals surface area (Å²) in [6.45, 7) is 0. The largest absolute Gasteiger partial charge is 0.338 e. The van der Waals surface area contributed by atoms with Gasteiger partial charge in [-0.2, -0.15) is 0 Å². The molecule has 0 radical (unpaired) electrons. The van der Waals surface area contributed by atoms with Gasteiger partial charge < -0.3 is 4.98 Å². The fourth-order valence-corrected chi connectivity index (χ4v) is 2.12. The molecule has 0 fully saturated rings. The number of nitrogens with one attached hydrogen (secondary N) is 1. The number of azide groups is 1. The molecule has 5 nitrogen and oxygen atoms in total. The molecule has 19 heavy (non-hydrogen) atoms. The molecule has 0 saturated carbocycles. The number of benzene rings is 2. The van der Waals surface area contributed by atoms with Crippen molar-refractivity contribution in [2.24, 2.45) is 5.11 Å². The molecule has 1 aromatic heterocycles. The van der Waals surface area contributed by atoms with Crippen LogP contribution in [0.5, 0.6) is 0 Å². The number of aromatic amines is 1. The standard InChI is InChI=1S/C13H8BrN5/c14-9-3-1-8(2-4-9)13-16-11-6-5-10(18-19-15)7-12(11)17-13/h1-7H,(H,16,17). The predicted molar refractivity (Wildman–Crippen MR) is 78.0 cm³/mol. The molecule has 0 spiro atoms. The van der Waals surface area contributed by atoms with Gasteiger partial charge in [-0.05, 0) is 29.8 Å². The van der Waals surface area contributed by atoms with E-state index in [9.17, 15) is 0 Å². The maximum Gasteiger partial charge on any atom is 0.138 e. The highest BCUT2D eigenvalue weighted by molar-refractivity contribution is 9.10. The Morgan fingerprint density at radius 1 is 1.16 bits per heavy atom. The van der Waals surface area contributed by atoms with E-state index >= 15 is 0 Å². The molecule has 3 aromatic rings. The van der Waals surface area contributed by atoms with Crippen LogP contribution in [0.25, 0.3) is 32.9 Å². The van der Waals surface area contributed by atoms with Gasteiger partial charge in [-0.25, -0.2) is 4.98 Å². The van der Waals surface area contributed by atoms with Crippen LogP contribution in [0.3, 0.4) is 0 Å². The first-order valence-electron chi connectivity index (χ1n) is 5.57. The van der Waals surface area contributed by atoms with Crippen LogP contribution in [0.15, 0.2) is 52.1 Å². The SMILES string of the molecule is [N-]=[N+]=Nc1ccc2nc(-c3ccc(Br)cc3)[nH]c2c1. The molecule has 0 saturated heterocycles. The summed E-state index contributed by atoms with van der Waals surface area (Å²) in [4.78, 5) is 10.5.